The molecular weight excluding hydrogens is 332 g/mol. The van der Waals surface area contributed by atoms with Crippen molar-refractivity contribution in [1.82, 2.24) is 0 Å². The molecule has 5 heteroatoms. The highest BCUT2D eigenvalue weighted by Gasteiger charge is 2.02. The van der Waals surface area contributed by atoms with Crippen molar-refractivity contribution in [2.75, 3.05) is 7.11 Å². The smallest absolute Gasteiger partial charge is 0.143 e. The van der Waals surface area contributed by atoms with Gasteiger partial charge in [0, 0.05) is 15.6 Å². The van der Waals surface area contributed by atoms with Crippen LogP contribution in [0.4, 0.5) is 0 Å². The second kappa shape index (κ2) is 7.46. The van der Waals surface area contributed by atoms with Gasteiger partial charge in [0.15, 0.2) is 0 Å². The van der Waals surface area contributed by atoms with Gasteiger partial charge in [-0.2, -0.15) is 5.26 Å². The number of methoxy groups -OCH3 is 1. The molecule has 0 heterocycles. The summed E-state index contributed by atoms with van der Waals surface area (Å²) in [6, 6.07) is 15.0. The van der Waals surface area contributed by atoms with E-state index in [0.717, 1.165) is 15.6 Å². The highest BCUT2D eigenvalue weighted by molar-refractivity contribution is 9.10. The maximum atomic E-state index is 8.99. The zero-order valence-corrected chi connectivity index (χ0v) is 13.0. The maximum Gasteiger partial charge on any atom is 0.143 e. The van der Waals surface area contributed by atoms with Crippen LogP contribution in [-0.4, -0.2) is 13.3 Å². The number of oxime groups is 1. The Bertz CT molecular complexity index is 693. The lowest BCUT2D eigenvalue weighted by molar-refractivity contribution is 0.132. The minimum atomic E-state index is 0.247. The monoisotopic (exact) mass is 344 g/mol. The van der Waals surface area contributed by atoms with Crippen molar-refractivity contribution in [2.45, 2.75) is 6.61 Å². The Morgan fingerprint density at radius 3 is 2.86 bits per heavy atom. The van der Waals surface area contributed by atoms with Crippen LogP contribution in [0.5, 0.6) is 5.75 Å². The third-order valence-corrected chi connectivity index (χ3v) is 3.31. The number of nitriles is 1. The minimum Gasteiger partial charge on any atom is -0.496 e. The van der Waals surface area contributed by atoms with E-state index in [0.29, 0.717) is 11.3 Å². The molecule has 0 fully saturated rings. The van der Waals surface area contributed by atoms with Gasteiger partial charge in [-0.1, -0.05) is 39.3 Å². The molecule has 0 bridgehead atoms. The number of halogens is 1. The molecule has 0 N–H and O–H groups in total. The van der Waals surface area contributed by atoms with Gasteiger partial charge in [-0.25, -0.2) is 0 Å². The molecule has 0 unspecified atom stereocenters. The van der Waals surface area contributed by atoms with Gasteiger partial charge in [0.25, 0.3) is 0 Å². The lowest BCUT2D eigenvalue weighted by atomic mass is 10.1. The van der Waals surface area contributed by atoms with E-state index < -0.39 is 0 Å². The van der Waals surface area contributed by atoms with Crippen LogP contribution in [0.1, 0.15) is 16.7 Å². The molecule has 0 amide bonds. The van der Waals surface area contributed by atoms with Gasteiger partial charge in [-0.05, 0) is 24.3 Å². The van der Waals surface area contributed by atoms with Gasteiger partial charge in [-0.15, -0.1) is 0 Å². The van der Waals surface area contributed by atoms with Gasteiger partial charge in [-0.3, -0.25) is 0 Å². The fourth-order valence-corrected chi connectivity index (χ4v) is 2.14. The standard InChI is InChI=1S/C16H13BrN2O2/c1-20-16-7-6-15(17)8-14(16)10-19-21-11-13-5-3-2-4-12(13)9-18/h2-8,10H,11H2,1H3/b19-10-. The van der Waals surface area contributed by atoms with Crippen molar-refractivity contribution in [1.29, 1.82) is 5.26 Å². The van der Waals surface area contributed by atoms with E-state index in [2.05, 4.69) is 27.2 Å². The van der Waals surface area contributed by atoms with E-state index in [9.17, 15) is 0 Å². The van der Waals surface area contributed by atoms with Crippen LogP contribution in [0.25, 0.3) is 0 Å². The summed E-state index contributed by atoms with van der Waals surface area (Å²) < 4.78 is 6.17. The Kier molecular flexibility index (Phi) is 5.35. The second-order valence-corrected chi connectivity index (χ2v) is 5.08. The van der Waals surface area contributed by atoms with Crippen LogP contribution in [0, 0.1) is 11.3 Å². The maximum absolute atomic E-state index is 8.99. The first-order chi connectivity index (χ1) is 10.2. The molecule has 0 saturated carbocycles. The molecule has 0 aliphatic rings. The number of ether oxygens (including phenoxy) is 1. The highest BCUT2D eigenvalue weighted by Crippen LogP contribution is 2.21. The Labute approximate surface area is 131 Å². The van der Waals surface area contributed by atoms with Crippen LogP contribution < -0.4 is 4.74 Å². The van der Waals surface area contributed by atoms with E-state index >= 15 is 0 Å². The van der Waals surface area contributed by atoms with Crippen molar-refractivity contribution in [2.24, 2.45) is 5.16 Å². The molecule has 0 radical (unpaired) electrons. The summed E-state index contributed by atoms with van der Waals surface area (Å²) in [5.74, 6) is 0.711. The van der Waals surface area contributed by atoms with Crippen molar-refractivity contribution in [3.05, 3.63) is 63.6 Å². The number of nitrogens with zero attached hydrogens (tertiary/aromatic N) is 2. The van der Waals surface area contributed by atoms with Crippen LogP contribution in [0.2, 0.25) is 0 Å². The highest BCUT2D eigenvalue weighted by atomic mass is 79.9. The Balaban J connectivity index is 2.03. The van der Waals surface area contributed by atoms with E-state index in [-0.39, 0.29) is 6.61 Å². The van der Waals surface area contributed by atoms with Crippen molar-refractivity contribution in [3.63, 3.8) is 0 Å². The first-order valence-electron chi connectivity index (χ1n) is 6.21. The summed E-state index contributed by atoms with van der Waals surface area (Å²) in [5, 5.41) is 12.9. The number of hydrogen-bond donors (Lipinski definition) is 0. The topological polar surface area (TPSA) is 54.6 Å². The Hall–Kier alpha value is -2.32. The molecule has 0 saturated heterocycles. The molecular formula is C16H13BrN2O2. The van der Waals surface area contributed by atoms with Crippen molar-refractivity contribution < 1.29 is 9.57 Å². The molecule has 2 rings (SSSR count). The second-order valence-electron chi connectivity index (χ2n) is 4.16. The van der Waals surface area contributed by atoms with E-state index in [1.54, 1.807) is 19.4 Å². The van der Waals surface area contributed by atoms with Crippen LogP contribution in [0.15, 0.2) is 52.1 Å². The van der Waals surface area contributed by atoms with Gasteiger partial charge >= 0.3 is 0 Å². The predicted molar refractivity (Wildman–Crippen MR) is 84.2 cm³/mol. The molecule has 2 aromatic carbocycles. The molecule has 2 aromatic rings. The molecule has 0 atom stereocenters. The molecule has 106 valence electrons. The Morgan fingerprint density at radius 1 is 1.29 bits per heavy atom. The number of hydrogen-bond acceptors (Lipinski definition) is 4. The largest absolute Gasteiger partial charge is 0.496 e. The van der Waals surface area contributed by atoms with Crippen molar-refractivity contribution in [3.8, 4) is 11.8 Å². The van der Waals surface area contributed by atoms with Crippen LogP contribution >= 0.6 is 15.9 Å². The molecule has 0 aromatic heterocycles. The zero-order valence-electron chi connectivity index (χ0n) is 11.4. The van der Waals surface area contributed by atoms with E-state index in [4.69, 9.17) is 14.8 Å². The average molecular weight is 345 g/mol. The van der Waals surface area contributed by atoms with Gasteiger partial charge < -0.3 is 9.57 Å². The molecule has 0 aliphatic carbocycles. The Morgan fingerprint density at radius 2 is 2.10 bits per heavy atom. The number of rotatable bonds is 5. The third kappa shape index (κ3) is 4.07. The van der Waals surface area contributed by atoms with Gasteiger partial charge in [0.1, 0.15) is 12.4 Å². The number of benzene rings is 2. The summed E-state index contributed by atoms with van der Waals surface area (Å²) >= 11 is 3.40. The first-order valence-corrected chi connectivity index (χ1v) is 7.01. The first kappa shape index (κ1) is 15.1. The lowest BCUT2D eigenvalue weighted by Crippen LogP contribution is -1.94. The fourth-order valence-electron chi connectivity index (χ4n) is 1.76. The minimum absolute atomic E-state index is 0.247. The summed E-state index contributed by atoms with van der Waals surface area (Å²) in [6.45, 7) is 0.247. The molecule has 0 aliphatic heterocycles. The van der Waals surface area contributed by atoms with Crippen molar-refractivity contribution >= 4 is 22.1 Å². The average Bonchev–Trinajstić information content (AvgIpc) is 2.52. The lowest BCUT2D eigenvalue weighted by Gasteiger charge is -2.05. The molecule has 21 heavy (non-hydrogen) atoms. The van der Waals surface area contributed by atoms with Crippen LogP contribution in [0.3, 0.4) is 0 Å². The summed E-state index contributed by atoms with van der Waals surface area (Å²) in [5.41, 5.74) is 2.20. The van der Waals surface area contributed by atoms with Crippen LogP contribution in [-0.2, 0) is 11.4 Å². The SMILES string of the molecule is COc1ccc(Br)cc1/C=N\OCc1ccccc1C#N. The third-order valence-electron chi connectivity index (χ3n) is 2.82. The van der Waals surface area contributed by atoms with Gasteiger partial charge in [0.2, 0.25) is 0 Å². The predicted octanol–water partition coefficient (Wildman–Crippen LogP) is 3.88. The summed E-state index contributed by atoms with van der Waals surface area (Å²) in [7, 11) is 1.60. The molecule has 0 spiro atoms. The summed E-state index contributed by atoms with van der Waals surface area (Å²) in [6.07, 6.45) is 1.58. The zero-order chi connectivity index (χ0) is 15.1. The van der Waals surface area contributed by atoms with Gasteiger partial charge in [0.05, 0.1) is 25.0 Å². The quantitative estimate of drug-likeness (QED) is 0.610. The summed E-state index contributed by atoms with van der Waals surface area (Å²) in [4.78, 5) is 5.25. The normalized spacial score (nSPS) is 10.3. The van der Waals surface area contributed by atoms with E-state index in [1.165, 1.54) is 0 Å². The van der Waals surface area contributed by atoms with E-state index in [1.807, 2.05) is 36.4 Å². The molecule has 4 nitrogen and oxygen atoms in total. The fraction of sp³-hybridized carbons (Fsp3) is 0.125.